The molecule has 1 fully saturated rings. The Balaban J connectivity index is 0.00000484. The molecule has 1 aliphatic heterocycles. The quantitative estimate of drug-likeness (QED) is 0.297. The maximum absolute atomic E-state index is 11.8. The molecular weight excluding hydrogens is 407 g/mol. The number of amides is 1. The fourth-order valence-electron chi connectivity index (χ4n) is 2.42. The van der Waals surface area contributed by atoms with Gasteiger partial charge in [0.05, 0.1) is 6.10 Å². The third-order valence-corrected chi connectivity index (χ3v) is 3.73. The van der Waals surface area contributed by atoms with E-state index in [0.717, 1.165) is 38.5 Å². The number of rotatable bonds is 5. The standard InChI is InChI=1S/C16H32N4O2.HI/c1-6-22-13-7-11-20(12-8-13)15(17-5)19-10-9-18-14(21)16(2,3)4;/h13H,6-12H2,1-5H3,(H,17,19)(H,18,21);1H. The number of halogens is 1. The number of ether oxygens (including phenoxy) is 1. The third kappa shape index (κ3) is 8.19. The monoisotopic (exact) mass is 440 g/mol. The van der Waals surface area contributed by atoms with E-state index < -0.39 is 0 Å². The fraction of sp³-hybridized carbons (Fsp3) is 0.875. The van der Waals surface area contributed by atoms with Crippen molar-refractivity contribution in [3.05, 3.63) is 0 Å². The van der Waals surface area contributed by atoms with Crippen LogP contribution in [-0.4, -0.2) is 62.7 Å². The number of carbonyl (C=O) groups excluding carboxylic acids is 1. The molecule has 1 saturated heterocycles. The Bertz CT molecular complexity index is 375. The van der Waals surface area contributed by atoms with Gasteiger partial charge in [-0.2, -0.15) is 0 Å². The summed E-state index contributed by atoms with van der Waals surface area (Å²) in [5.41, 5.74) is -0.344. The summed E-state index contributed by atoms with van der Waals surface area (Å²) in [4.78, 5) is 18.4. The van der Waals surface area contributed by atoms with Crippen molar-refractivity contribution in [1.82, 2.24) is 15.5 Å². The van der Waals surface area contributed by atoms with E-state index in [1.54, 1.807) is 7.05 Å². The molecule has 0 aromatic heterocycles. The second kappa shape index (κ2) is 11.1. The molecule has 2 N–H and O–H groups in total. The summed E-state index contributed by atoms with van der Waals surface area (Å²) in [5, 5.41) is 6.25. The van der Waals surface area contributed by atoms with E-state index in [4.69, 9.17) is 4.74 Å². The van der Waals surface area contributed by atoms with E-state index >= 15 is 0 Å². The molecule has 0 unspecified atom stereocenters. The molecule has 7 heteroatoms. The van der Waals surface area contributed by atoms with Crippen molar-refractivity contribution >= 4 is 35.8 Å². The maximum Gasteiger partial charge on any atom is 0.225 e. The van der Waals surface area contributed by atoms with Crippen LogP contribution in [0.2, 0.25) is 0 Å². The van der Waals surface area contributed by atoms with E-state index in [2.05, 4.69) is 20.5 Å². The minimum absolute atomic E-state index is 0. The minimum Gasteiger partial charge on any atom is -0.378 e. The highest BCUT2D eigenvalue weighted by molar-refractivity contribution is 14.0. The van der Waals surface area contributed by atoms with Crippen molar-refractivity contribution in [3.8, 4) is 0 Å². The summed E-state index contributed by atoms with van der Waals surface area (Å²) in [6, 6.07) is 0. The first-order valence-electron chi connectivity index (χ1n) is 8.24. The fourth-order valence-corrected chi connectivity index (χ4v) is 2.42. The van der Waals surface area contributed by atoms with E-state index in [1.165, 1.54) is 0 Å². The highest BCUT2D eigenvalue weighted by Crippen LogP contribution is 2.13. The number of likely N-dealkylation sites (tertiary alicyclic amines) is 1. The van der Waals surface area contributed by atoms with Gasteiger partial charge in [0, 0.05) is 45.2 Å². The predicted molar refractivity (Wildman–Crippen MR) is 105 cm³/mol. The lowest BCUT2D eigenvalue weighted by Gasteiger charge is -2.34. The second-order valence-corrected chi connectivity index (χ2v) is 6.62. The van der Waals surface area contributed by atoms with E-state index in [-0.39, 0.29) is 35.3 Å². The van der Waals surface area contributed by atoms with Crippen LogP contribution in [0.5, 0.6) is 0 Å². The van der Waals surface area contributed by atoms with Gasteiger partial charge in [-0.05, 0) is 19.8 Å². The zero-order valence-electron chi connectivity index (χ0n) is 15.1. The minimum atomic E-state index is -0.344. The zero-order valence-corrected chi connectivity index (χ0v) is 17.5. The van der Waals surface area contributed by atoms with Crippen molar-refractivity contribution in [2.45, 2.75) is 46.6 Å². The molecule has 0 radical (unpaired) electrons. The average Bonchev–Trinajstić information content (AvgIpc) is 2.47. The van der Waals surface area contributed by atoms with Crippen molar-refractivity contribution in [3.63, 3.8) is 0 Å². The van der Waals surface area contributed by atoms with Crippen molar-refractivity contribution in [2.24, 2.45) is 10.4 Å². The van der Waals surface area contributed by atoms with Crippen LogP contribution >= 0.6 is 24.0 Å². The summed E-state index contributed by atoms with van der Waals surface area (Å²) in [7, 11) is 1.80. The molecule has 23 heavy (non-hydrogen) atoms. The lowest BCUT2D eigenvalue weighted by Crippen LogP contribution is -2.49. The summed E-state index contributed by atoms with van der Waals surface area (Å²) < 4.78 is 5.67. The van der Waals surface area contributed by atoms with Crippen LogP contribution in [0.1, 0.15) is 40.5 Å². The molecule has 1 heterocycles. The highest BCUT2D eigenvalue weighted by Gasteiger charge is 2.22. The van der Waals surface area contributed by atoms with Crippen LogP contribution in [0.3, 0.4) is 0 Å². The Morgan fingerprint density at radius 2 is 1.78 bits per heavy atom. The molecule has 0 aromatic rings. The largest absolute Gasteiger partial charge is 0.378 e. The van der Waals surface area contributed by atoms with Crippen LogP contribution in [0.25, 0.3) is 0 Å². The van der Waals surface area contributed by atoms with E-state index in [0.29, 0.717) is 19.2 Å². The summed E-state index contributed by atoms with van der Waals surface area (Å²) in [5.74, 6) is 0.974. The Morgan fingerprint density at radius 1 is 1.22 bits per heavy atom. The molecule has 1 amide bonds. The molecule has 136 valence electrons. The topological polar surface area (TPSA) is 66.0 Å². The van der Waals surface area contributed by atoms with Gasteiger partial charge in [-0.1, -0.05) is 20.8 Å². The molecular formula is C16H33IN4O2. The maximum atomic E-state index is 11.8. The Morgan fingerprint density at radius 3 is 2.26 bits per heavy atom. The molecule has 1 rings (SSSR count). The molecule has 0 aromatic carbocycles. The van der Waals surface area contributed by atoms with Crippen molar-refractivity contribution < 1.29 is 9.53 Å². The zero-order chi connectivity index (χ0) is 16.6. The summed E-state index contributed by atoms with van der Waals surface area (Å²) in [6.07, 6.45) is 2.45. The normalized spacial score (nSPS) is 16.7. The number of nitrogens with zero attached hydrogens (tertiary/aromatic N) is 2. The van der Waals surface area contributed by atoms with Crippen LogP contribution in [0.15, 0.2) is 4.99 Å². The SMILES string of the molecule is CCOC1CCN(C(=NC)NCCNC(=O)C(C)(C)C)CC1.I. The van der Waals surface area contributed by atoms with Gasteiger partial charge in [-0.25, -0.2) is 0 Å². The van der Waals surface area contributed by atoms with Gasteiger partial charge >= 0.3 is 0 Å². The number of piperidine rings is 1. The Labute approximate surface area is 157 Å². The highest BCUT2D eigenvalue weighted by atomic mass is 127. The Hall–Kier alpha value is -0.570. The summed E-state index contributed by atoms with van der Waals surface area (Å²) in [6.45, 7) is 11.8. The summed E-state index contributed by atoms with van der Waals surface area (Å²) >= 11 is 0. The van der Waals surface area contributed by atoms with Crippen LogP contribution in [0, 0.1) is 5.41 Å². The molecule has 0 saturated carbocycles. The first kappa shape index (κ1) is 22.4. The van der Waals surface area contributed by atoms with Crippen LogP contribution in [0.4, 0.5) is 0 Å². The Kier molecular flexibility index (Phi) is 10.8. The molecule has 1 aliphatic rings. The van der Waals surface area contributed by atoms with Gasteiger partial charge in [0.25, 0.3) is 0 Å². The molecule has 6 nitrogen and oxygen atoms in total. The molecule has 0 aliphatic carbocycles. The second-order valence-electron chi connectivity index (χ2n) is 6.62. The lowest BCUT2D eigenvalue weighted by atomic mass is 9.96. The number of carbonyl (C=O) groups is 1. The number of guanidine groups is 1. The smallest absolute Gasteiger partial charge is 0.225 e. The third-order valence-electron chi connectivity index (χ3n) is 3.73. The van der Waals surface area contributed by atoms with Crippen molar-refractivity contribution in [2.75, 3.05) is 39.8 Å². The average molecular weight is 440 g/mol. The lowest BCUT2D eigenvalue weighted by molar-refractivity contribution is -0.128. The van der Waals surface area contributed by atoms with Gasteiger partial charge in [0.15, 0.2) is 5.96 Å². The molecule has 0 bridgehead atoms. The van der Waals surface area contributed by atoms with E-state index in [1.807, 2.05) is 27.7 Å². The first-order valence-corrected chi connectivity index (χ1v) is 8.24. The number of hydrogen-bond donors (Lipinski definition) is 2. The van der Waals surface area contributed by atoms with Gasteiger partial charge in [0.2, 0.25) is 5.91 Å². The number of hydrogen-bond acceptors (Lipinski definition) is 3. The molecule has 0 atom stereocenters. The van der Waals surface area contributed by atoms with Crippen molar-refractivity contribution in [1.29, 1.82) is 0 Å². The van der Waals surface area contributed by atoms with Crippen LogP contribution in [-0.2, 0) is 9.53 Å². The van der Waals surface area contributed by atoms with E-state index in [9.17, 15) is 4.79 Å². The van der Waals surface area contributed by atoms with Gasteiger partial charge < -0.3 is 20.3 Å². The number of nitrogens with one attached hydrogen (secondary N) is 2. The number of aliphatic imine (C=N–C) groups is 1. The van der Waals surface area contributed by atoms with Crippen LogP contribution < -0.4 is 10.6 Å². The first-order chi connectivity index (χ1) is 10.4. The van der Waals surface area contributed by atoms with Gasteiger partial charge in [-0.15, -0.1) is 24.0 Å². The van der Waals surface area contributed by atoms with Gasteiger partial charge in [0.1, 0.15) is 0 Å². The van der Waals surface area contributed by atoms with Gasteiger partial charge in [-0.3, -0.25) is 9.79 Å². The molecule has 0 spiro atoms. The predicted octanol–water partition coefficient (Wildman–Crippen LogP) is 1.84.